The van der Waals surface area contributed by atoms with E-state index in [0.29, 0.717) is 0 Å². The van der Waals surface area contributed by atoms with Gasteiger partial charge in [-0.15, -0.1) is 0 Å². The molecule has 0 aliphatic heterocycles. The average Bonchev–Trinajstić information content (AvgIpc) is 2.94. The van der Waals surface area contributed by atoms with Crippen LogP contribution in [-0.2, 0) is 5.54 Å². The Balaban J connectivity index is 1.95. The molecule has 0 amide bonds. The van der Waals surface area contributed by atoms with Crippen LogP contribution in [0, 0.1) is 0 Å². The van der Waals surface area contributed by atoms with Gasteiger partial charge in [0.2, 0.25) is 0 Å². The van der Waals surface area contributed by atoms with Crippen molar-refractivity contribution in [3.63, 3.8) is 0 Å². The molecule has 0 unspecified atom stereocenters. The summed E-state index contributed by atoms with van der Waals surface area (Å²) in [6.45, 7) is 0. The Morgan fingerprint density at radius 3 is 2.72 bits per heavy atom. The first-order chi connectivity index (χ1) is 8.78. The summed E-state index contributed by atoms with van der Waals surface area (Å²) in [5.41, 5.74) is 8.84. The highest BCUT2D eigenvalue weighted by molar-refractivity contribution is 5.39. The number of rotatable bonds is 2. The van der Waals surface area contributed by atoms with Crippen molar-refractivity contribution in [2.75, 3.05) is 0 Å². The van der Waals surface area contributed by atoms with E-state index in [2.05, 4.69) is 29.2 Å². The number of nitrogens with zero attached hydrogens (tertiary/aromatic N) is 2. The van der Waals surface area contributed by atoms with Crippen molar-refractivity contribution in [3.05, 3.63) is 48.5 Å². The van der Waals surface area contributed by atoms with Crippen molar-refractivity contribution in [1.29, 1.82) is 0 Å². The van der Waals surface area contributed by atoms with Gasteiger partial charge in [-0.2, -0.15) is 0 Å². The lowest BCUT2D eigenvalue weighted by Gasteiger charge is -2.34. The first-order valence-electron chi connectivity index (χ1n) is 6.66. The lowest BCUT2D eigenvalue weighted by atomic mass is 9.77. The molecule has 1 fully saturated rings. The van der Waals surface area contributed by atoms with Crippen molar-refractivity contribution in [2.24, 2.45) is 5.73 Å². The summed E-state index contributed by atoms with van der Waals surface area (Å²) in [6.07, 6.45) is 11.6. The first kappa shape index (κ1) is 11.5. The van der Waals surface area contributed by atoms with E-state index in [-0.39, 0.29) is 5.54 Å². The molecule has 3 heteroatoms. The summed E-state index contributed by atoms with van der Waals surface area (Å²) in [5, 5.41) is 0. The molecule has 18 heavy (non-hydrogen) atoms. The van der Waals surface area contributed by atoms with Gasteiger partial charge in [0, 0.05) is 23.6 Å². The second kappa shape index (κ2) is 4.58. The maximum absolute atomic E-state index is 6.58. The van der Waals surface area contributed by atoms with E-state index in [1.54, 1.807) is 6.20 Å². The summed E-state index contributed by atoms with van der Waals surface area (Å²) in [4.78, 5) is 4.09. The Kier molecular flexibility index (Phi) is 2.92. The van der Waals surface area contributed by atoms with Crippen LogP contribution in [0.2, 0.25) is 0 Å². The van der Waals surface area contributed by atoms with Crippen LogP contribution in [0.1, 0.15) is 37.7 Å². The molecule has 0 atom stereocenters. The molecule has 0 spiro atoms. The predicted molar refractivity (Wildman–Crippen MR) is 72.5 cm³/mol. The molecule has 1 aliphatic carbocycles. The predicted octanol–water partition coefficient (Wildman–Crippen LogP) is 2.99. The molecular weight excluding hydrogens is 222 g/mol. The third-order valence-corrected chi connectivity index (χ3v) is 3.97. The Morgan fingerprint density at radius 1 is 1.17 bits per heavy atom. The normalized spacial score (nSPS) is 18.7. The van der Waals surface area contributed by atoms with Gasteiger partial charge in [0.15, 0.2) is 0 Å². The highest BCUT2D eigenvalue weighted by Crippen LogP contribution is 2.35. The number of imidazole rings is 1. The van der Waals surface area contributed by atoms with Crippen LogP contribution >= 0.6 is 0 Å². The van der Waals surface area contributed by atoms with E-state index in [0.717, 1.165) is 18.5 Å². The van der Waals surface area contributed by atoms with Gasteiger partial charge in [0.05, 0.1) is 6.33 Å². The molecule has 1 saturated carbocycles. The third-order valence-electron chi connectivity index (χ3n) is 3.97. The molecular formula is C15H19N3. The summed E-state index contributed by atoms with van der Waals surface area (Å²) < 4.78 is 2.02. The zero-order valence-corrected chi connectivity index (χ0v) is 10.5. The van der Waals surface area contributed by atoms with Gasteiger partial charge in [-0.05, 0) is 30.5 Å². The first-order valence-corrected chi connectivity index (χ1v) is 6.66. The quantitative estimate of drug-likeness (QED) is 0.878. The molecule has 1 aromatic carbocycles. The monoisotopic (exact) mass is 241 g/mol. The van der Waals surface area contributed by atoms with Gasteiger partial charge in [-0.3, -0.25) is 0 Å². The second-order valence-corrected chi connectivity index (χ2v) is 5.24. The minimum Gasteiger partial charge on any atom is -0.321 e. The lowest BCUT2D eigenvalue weighted by Crippen LogP contribution is -2.38. The molecule has 0 radical (unpaired) electrons. The van der Waals surface area contributed by atoms with Gasteiger partial charge in [0.1, 0.15) is 0 Å². The molecule has 1 aliphatic rings. The Hall–Kier alpha value is -1.61. The number of benzene rings is 1. The number of aromatic nitrogens is 2. The molecule has 3 rings (SSSR count). The Bertz CT molecular complexity index is 510. The summed E-state index contributed by atoms with van der Waals surface area (Å²) in [7, 11) is 0. The summed E-state index contributed by atoms with van der Waals surface area (Å²) in [5.74, 6) is 0. The number of hydrogen-bond acceptors (Lipinski definition) is 2. The molecule has 3 nitrogen and oxygen atoms in total. The fourth-order valence-corrected chi connectivity index (χ4v) is 2.86. The minimum atomic E-state index is -0.130. The van der Waals surface area contributed by atoms with Gasteiger partial charge < -0.3 is 10.3 Å². The Morgan fingerprint density at radius 2 is 2.00 bits per heavy atom. The van der Waals surface area contributed by atoms with Gasteiger partial charge in [0.25, 0.3) is 0 Å². The van der Waals surface area contributed by atoms with E-state index in [1.807, 2.05) is 17.1 Å². The topological polar surface area (TPSA) is 43.8 Å². The van der Waals surface area contributed by atoms with Crippen LogP contribution in [-0.4, -0.2) is 9.55 Å². The lowest BCUT2D eigenvalue weighted by molar-refractivity contribution is 0.302. The molecule has 0 saturated heterocycles. The molecule has 2 aromatic rings. The SMILES string of the molecule is NC1(c2cccc(-n3ccnc3)c2)CCCCC1. The van der Waals surface area contributed by atoms with Crippen molar-refractivity contribution >= 4 is 0 Å². The van der Waals surface area contributed by atoms with Crippen molar-refractivity contribution in [2.45, 2.75) is 37.6 Å². The maximum Gasteiger partial charge on any atom is 0.0991 e. The molecule has 2 N–H and O–H groups in total. The van der Waals surface area contributed by atoms with E-state index in [1.165, 1.54) is 24.8 Å². The molecule has 0 bridgehead atoms. The van der Waals surface area contributed by atoms with E-state index < -0.39 is 0 Å². The van der Waals surface area contributed by atoms with Crippen LogP contribution in [0.4, 0.5) is 0 Å². The van der Waals surface area contributed by atoms with Gasteiger partial charge in [-0.25, -0.2) is 4.98 Å². The van der Waals surface area contributed by atoms with Crippen molar-refractivity contribution in [3.8, 4) is 5.69 Å². The van der Waals surface area contributed by atoms with E-state index in [9.17, 15) is 0 Å². The third kappa shape index (κ3) is 2.06. The average molecular weight is 241 g/mol. The van der Waals surface area contributed by atoms with Crippen LogP contribution in [0.3, 0.4) is 0 Å². The Labute approximate surface area is 108 Å². The summed E-state index contributed by atoms with van der Waals surface area (Å²) >= 11 is 0. The summed E-state index contributed by atoms with van der Waals surface area (Å²) in [6, 6.07) is 8.55. The fraction of sp³-hybridized carbons (Fsp3) is 0.400. The smallest absolute Gasteiger partial charge is 0.0991 e. The highest BCUT2D eigenvalue weighted by Gasteiger charge is 2.29. The highest BCUT2D eigenvalue weighted by atomic mass is 15.0. The largest absolute Gasteiger partial charge is 0.321 e. The molecule has 94 valence electrons. The standard InChI is InChI=1S/C15H19N3/c16-15(7-2-1-3-8-15)13-5-4-6-14(11-13)18-10-9-17-12-18/h4-6,9-12H,1-3,7-8,16H2. The minimum absolute atomic E-state index is 0.130. The van der Waals surface area contributed by atoms with Gasteiger partial charge >= 0.3 is 0 Å². The van der Waals surface area contributed by atoms with Crippen LogP contribution in [0.5, 0.6) is 0 Å². The van der Waals surface area contributed by atoms with E-state index in [4.69, 9.17) is 5.73 Å². The number of nitrogens with two attached hydrogens (primary N) is 1. The second-order valence-electron chi connectivity index (χ2n) is 5.24. The van der Waals surface area contributed by atoms with Crippen LogP contribution in [0.15, 0.2) is 43.0 Å². The van der Waals surface area contributed by atoms with E-state index >= 15 is 0 Å². The van der Waals surface area contributed by atoms with Crippen molar-refractivity contribution < 1.29 is 0 Å². The van der Waals surface area contributed by atoms with Crippen LogP contribution < -0.4 is 5.73 Å². The fourth-order valence-electron chi connectivity index (χ4n) is 2.86. The maximum atomic E-state index is 6.58. The molecule has 1 heterocycles. The molecule has 1 aromatic heterocycles. The van der Waals surface area contributed by atoms with Crippen molar-refractivity contribution in [1.82, 2.24) is 9.55 Å². The zero-order chi connectivity index (χ0) is 12.4. The van der Waals surface area contributed by atoms with Gasteiger partial charge in [-0.1, -0.05) is 31.4 Å². The number of hydrogen-bond donors (Lipinski definition) is 1. The van der Waals surface area contributed by atoms with Crippen LogP contribution in [0.25, 0.3) is 5.69 Å². The zero-order valence-electron chi connectivity index (χ0n) is 10.5.